The Bertz CT molecular complexity index is 259. The smallest absolute Gasteiger partial charge is 0.227 e. The second-order valence-corrected chi connectivity index (χ2v) is 2.66. The second kappa shape index (κ2) is 2.64. The Labute approximate surface area is 66.0 Å². The van der Waals surface area contributed by atoms with E-state index in [4.69, 9.17) is 0 Å². The predicted octanol–water partition coefficient (Wildman–Crippen LogP) is 0.686. The Hall–Kier alpha value is -0.860. The highest BCUT2D eigenvalue weighted by Gasteiger charge is 2.16. The second-order valence-electron chi connectivity index (χ2n) is 2.66. The number of hydrogen-bond acceptors (Lipinski definition) is 1. The molecule has 0 amide bonds. The minimum Gasteiger partial charge on any atom is -0.628 e. The maximum absolute atomic E-state index is 11.2. The molecule has 1 aromatic rings. The van der Waals surface area contributed by atoms with E-state index < -0.39 is 0 Å². The van der Waals surface area contributed by atoms with E-state index in [1.807, 2.05) is 24.3 Å². The van der Waals surface area contributed by atoms with Gasteiger partial charge in [-0.2, -0.15) is 0 Å². The Morgan fingerprint density at radius 2 is 2.18 bits per heavy atom. The molecule has 0 spiro atoms. The molecule has 1 N–H and O–H groups in total. The van der Waals surface area contributed by atoms with Gasteiger partial charge in [-0.1, -0.05) is 18.2 Å². The Balaban J connectivity index is 2.44. The lowest BCUT2D eigenvalue weighted by Gasteiger charge is -2.25. The van der Waals surface area contributed by atoms with E-state index >= 15 is 0 Å². The van der Waals surface area contributed by atoms with Crippen LogP contribution in [-0.4, -0.2) is 0 Å². The number of para-hydroxylation sites is 1. The summed E-state index contributed by atoms with van der Waals surface area (Å²) >= 11 is 0. The van der Waals surface area contributed by atoms with E-state index in [1.165, 1.54) is 0 Å². The summed E-state index contributed by atoms with van der Waals surface area (Å²) in [6, 6.07) is 7.74. The fraction of sp³-hybridized carbons (Fsp3) is 0.222. The topological polar surface area (TPSA) is 27.5 Å². The first-order chi connectivity index (χ1) is 5.38. The van der Waals surface area contributed by atoms with Crippen molar-refractivity contribution in [3.63, 3.8) is 0 Å². The molecule has 1 heterocycles. The maximum atomic E-state index is 11.2. The van der Waals surface area contributed by atoms with Gasteiger partial charge in [-0.3, -0.25) is 0 Å². The number of quaternary nitrogens is 1. The average Bonchev–Trinajstić information content (AvgIpc) is 2.06. The standard InChI is InChI=1S/C9H9NO/c11-10-7-3-5-8-4-1-2-6-9(8)10/h1-2,4,6,10H,3,5H2. The van der Waals surface area contributed by atoms with Crippen LogP contribution in [-0.2, 0) is 6.42 Å². The third-order valence-electron chi connectivity index (χ3n) is 1.94. The molecule has 2 rings (SSSR count). The van der Waals surface area contributed by atoms with Gasteiger partial charge in [-0.05, 0) is 12.5 Å². The molecular weight excluding hydrogens is 138 g/mol. The van der Waals surface area contributed by atoms with E-state index in [9.17, 15) is 5.21 Å². The number of benzene rings is 1. The van der Waals surface area contributed by atoms with Crippen LogP contribution in [0.4, 0.5) is 5.69 Å². The molecule has 0 saturated carbocycles. The molecule has 0 aliphatic carbocycles. The lowest BCUT2D eigenvalue weighted by Crippen LogP contribution is -3.00. The minimum absolute atomic E-state index is 0.0619. The van der Waals surface area contributed by atoms with Gasteiger partial charge in [-0.15, -0.1) is 0 Å². The third kappa shape index (κ3) is 1.15. The summed E-state index contributed by atoms with van der Waals surface area (Å²) in [6.45, 7) is 2.80. The van der Waals surface area contributed by atoms with Crippen molar-refractivity contribution in [3.8, 4) is 0 Å². The van der Waals surface area contributed by atoms with Crippen molar-refractivity contribution < 1.29 is 5.06 Å². The summed E-state index contributed by atoms with van der Waals surface area (Å²) in [5.74, 6) is 0. The molecule has 0 aromatic heterocycles. The predicted molar refractivity (Wildman–Crippen MR) is 42.0 cm³/mol. The number of hydrogen-bond donors (Lipinski definition) is 1. The monoisotopic (exact) mass is 147 g/mol. The Morgan fingerprint density at radius 3 is 3.00 bits per heavy atom. The lowest BCUT2D eigenvalue weighted by molar-refractivity contribution is -0.744. The van der Waals surface area contributed by atoms with Crippen molar-refractivity contribution in [2.24, 2.45) is 0 Å². The highest BCUT2D eigenvalue weighted by atomic mass is 16.5. The highest BCUT2D eigenvalue weighted by molar-refractivity contribution is 5.41. The number of nitrogens with one attached hydrogen (secondary N) is 1. The molecule has 2 heteroatoms. The van der Waals surface area contributed by atoms with Gasteiger partial charge in [0.15, 0.2) is 0 Å². The van der Waals surface area contributed by atoms with Crippen molar-refractivity contribution in [2.75, 3.05) is 0 Å². The van der Waals surface area contributed by atoms with Crippen molar-refractivity contribution in [1.82, 2.24) is 0 Å². The molecule has 0 saturated heterocycles. The molecule has 0 fully saturated rings. The van der Waals surface area contributed by atoms with E-state index in [0.717, 1.165) is 24.1 Å². The summed E-state index contributed by atoms with van der Waals surface area (Å²) in [4.78, 5) is 0. The van der Waals surface area contributed by atoms with Gasteiger partial charge in [0.1, 0.15) is 5.69 Å². The summed E-state index contributed by atoms with van der Waals surface area (Å²) in [7, 11) is 0. The molecule has 1 unspecified atom stereocenters. The average molecular weight is 147 g/mol. The molecule has 1 atom stereocenters. The highest BCUT2D eigenvalue weighted by Crippen LogP contribution is 2.16. The first-order valence-corrected chi connectivity index (χ1v) is 3.74. The van der Waals surface area contributed by atoms with Gasteiger partial charge < -0.3 is 10.3 Å². The number of fused-ring (bicyclic) bond motifs is 1. The summed E-state index contributed by atoms with van der Waals surface area (Å²) < 4.78 is 0. The molecule has 0 bridgehead atoms. The zero-order valence-electron chi connectivity index (χ0n) is 6.13. The molecular formula is C9H9NO. The normalized spacial score (nSPS) is 22.8. The lowest BCUT2D eigenvalue weighted by atomic mass is 10.0. The van der Waals surface area contributed by atoms with Crippen LogP contribution in [0.15, 0.2) is 24.3 Å². The third-order valence-corrected chi connectivity index (χ3v) is 1.94. The first kappa shape index (κ1) is 6.83. The van der Waals surface area contributed by atoms with Crippen molar-refractivity contribution >= 4 is 5.69 Å². The van der Waals surface area contributed by atoms with Crippen molar-refractivity contribution in [1.29, 1.82) is 0 Å². The van der Waals surface area contributed by atoms with Crippen molar-refractivity contribution in [2.45, 2.75) is 12.8 Å². The Kier molecular flexibility index (Phi) is 1.64. The minimum atomic E-state index is 0.0619. The zero-order chi connectivity index (χ0) is 7.68. The Morgan fingerprint density at radius 1 is 1.36 bits per heavy atom. The van der Waals surface area contributed by atoms with Crippen LogP contribution in [0.3, 0.4) is 0 Å². The van der Waals surface area contributed by atoms with Gasteiger partial charge in [-0.25, -0.2) is 0 Å². The number of hydroxylamine groups is 1. The van der Waals surface area contributed by atoms with Gasteiger partial charge in [0.25, 0.3) is 0 Å². The largest absolute Gasteiger partial charge is 0.628 e. The van der Waals surface area contributed by atoms with E-state index in [-0.39, 0.29) is 5.06 Å². The van der Waals surface area contributed by atoms with Crippen LogP contribution >= 0.6 is 0 Å². The van der Waals surface area contributed by atoms with E-state index in [1.54, 1.807) is 0 Å². The summed E-state index contributed by atoms with van der Waals surface area (Å²) in [6.07, 6.45) is 1.73. The van der Waals surface area contributed by atoms with Crippen LogP contribution in [0.5, 0.6) is 0 Å². The number of aryl methyl sites for hydroxylation is 1. The van der Waals surface area contributed by atoms with Crippen molar-refractivity contribution in [3.05, 3.63) is 41.6 Å². The van der Waals surface area contributed by atoms with Crippen LogP contribution in [0.2, 0.25) is 0 Å². The quantitative estimate of drug-likeness (QED) is 0.537. The molecule has 1 aromatic carbocycles. The van der Waals surface area contributed by atoms with Crippen LogP contribution in [0.25, 0.3) is 0 Å². The molecule has 56 valence electrons. The molecule has 1 aliphatic heterocycles. The fourth-order valence-corrected chi connectivity index (χ4v) is 1.37. The fourth-order valence-electron chi connectivity index (χ4n) is 1.37. The number of rotatable bonds is 0. The van der Waals surface area contributed by atoms with E-state index in [0.29, 0.717) is 0 Å². The summed E-state index contributed by atoms with van der Waals surface area (Å²) in [5.41, 5.74) is 2.00. The van der Waals surface area contributed by atoms with Gasteiger partial charge in [0.2, 0.25) is 6.54 Å². The molecule has 2 nitrogen and oxygen atoms in total. The maximum Gasteiger partial charge on any atom is 0.227 e. The molecule has 11 heavy (non-hydrogen) atoms. The first-order valence-electron chi connectivity index (χ1n) is 3.74. The zero-order valence-corrected chi connectivity index (χ0v) is 6.13. The van der Waals surface area contributed by atoms with Crippen LogP contribution < -0.4 is 5.06 Å². The molecule has 2 radical (unpaired) electrons. The van der Waals surface area contributed by atoms with E-state index in [2.05, 4.69) is 6.54 Å². The molecule has 1 aliphatic rings. The SMILES string of the molecule is [O-][NH+]1[C]CCc2ccccc21. The van der Waals surface area contributed by atoms with Crippen LogP contribution in [0.1, 0.15) is 12.0 Å². The van der Waals surface area contributed by atoms with Crippen LogP contribution in [0, 0.1) is 11.8 Å². The summed E-state index contributed by atoms with van der Waals surface area (Å²) in [5, 5.41) is 11.2. The van der Waals surface area contributed by atoms with Gasteiger partial charge in [0, 0.05) is 12.0 Å². The van der Waals surface area contributed by atoms with Gasteiger partial charge >= 0.3 is 0 Å². The van der Waals surface area contributed by atoms with Gasteiger partial charge in [0.05, 0.1) is 0 Å².